The molecule has 0 radical (unpaired) electrons. The van der Waals surface area contributed by atoms with Gasteiger partial charge in [-0.3, -0.25) is 4.90 Å². The quantitative estimate of drug-likeness (QED) is 0.608. The van der Waals surface area contributed by atoms with Crippen LogP contribution in [0, 0.1) is 0 Å². The van der Waals surface area contributed by atoms with Gasteiger partial charge >= 0.3 is 0 Å². The van der Waals surface area contributed by atoms with Gasteiger partial charge in [-0.05, 0) is 24.5 Å². The maximum atomic E-state index is 12.4. The molecular formula is C17H25ClN2O3S. The minimum atomic E-state index is -3.05. The van der Waals surface area contributed by atoms with E-state index in [1.54, 1.807) is 0 Å². The van der Waals surface area contributed by atoms with Crippen molar-refractivity contribution < 1.29 is 30.5 Å². The Bertz CT molecular complexity index is 702. The number of nitrogens with zero attached hydrogens (tertiary/aromatic N) is 1. The monoisotopic (exact) mass is 372 g/mol. The molecule has 1 fully saturated rings. The molecule has 0 bridgehead atoms. The highest BCUT2D eigenvalue weighted by molar-refractivity contribution is 7.91. The van der Waals surface area contributed by atoms with Crippen molar-refractivity contribution in [2.75, 3.05) is 51.7 Å². The van der Waals surface area contributed by atoms with Crippen molar-refractivity contribution in [2.45, 2.75) is 24.2 Å². The number of ether oxygens (including phenoxy) is 1. The van der Waals surface area contributed by atoms with E-state index in [1.165, 1.54) is 10.6 Å². The summed E-state index contributed by atoms with van der Waals surface area (Å²) in [5, 5.41) is 0. The van der Waals surface area contributed by atoms with Crippen molar-refractivity contribution >= 4 is 15.5 Å². The van der Waals surface area contributed by atoms with E-state index in [2.05, 4.69) is 17.0 Å². The maximum Gasteiger partial charge on any atom is 0.179 e. The van der Waals surface area contributed by atoms with Crippen LogP contribution in [0.1, 0.15) is 17.5 Å². The van der Waals surface area contributed by atoms with Crippen molar-refractivity contribution in [3.8, 4) is 0 Å². The van der Waals surface area contributed by atoms with Crippen LogP contribution in [0.5, 0.6) is 0 Å². The summed E-state index contributed by atoms with van der Waals surface area (Å²) in [7, 11) is -3.05. The molecule has 5 nitrogen and oxygen atoms in total. The molecule has 0 aliphatic carbocycles. The largest absolute Gasteiger partial charge is 1.00 e. The van der Waals surface area contributed by atoms with Crippen LogP contribution in [0.25, 0.3) is 0 Å². The number of nitrogens with one attached hydrogen (secondary N) is 1. The molecule has 7 heteroatoms. The molecule has 3 aliphatic heterocycles. The standard InChI is InChI=1S/C17H24N2O3S.ClH/c20-23(21)13-5-14-3-4-16-15(17(14)23)2-1-6-19(16)8-7-18-9-11-22-12-10-18;/h3-4H,1-2,5-13H2;1H. The summed E-state index contributed by atoms with van der Waals surface area (Å²) in [5.74, 6) is 0.294. The maximum absolute atomic E-state index is 12.4. The normalized spacial score (nSPS) is 25.6. The van der Waals surface area contributed by atoms with Gasteiger partial charge in [0.1, 0.15) is 5.69 Å². The van der Waals surface area contributed by atoms with Gasteiger partial charge in [-0.1, -0.05) is 6.07 Å². The van der Waals surface area contributed by atoms with Crippen LogP contribution < -0.4 is 17.3 Å². The average molecular weight is 373 g/mol. The van der Waals surface area contributed by atoms with Gasteiger partial charge in [0.15, 0.2) is 9.84 Å². The molecule has 0 spiro atoms. The summed E-state index contributed by atoms with van der Waals surface area (Å²) in [6.45, 7) is 6.90. The van der Waals surface area contributed by atoms with E-state index in [0.717, 1.165) is 69.9 Å². The van der Waals surface area contributed by atoms with Crippen molar-refractivity contribution in [3.05, 3.63) is 23.3 Å². The molecule has 4 rings (SSSR count). The molecular weight excluding hydrogens is 348 g/mol. The first-order chi connectivity index (χ1) is 11.1. The second-order valence-electron chi connectivity index (χ2n) is 6.81. The van der Waals surface area contributed by atoms with Gasteiger partial charge in [-0.25, -0.2) is 8.42 Å². The molecule has 24 heavy (non-hydrogen) atoms. The average Bonchev–Trinajstić information content (AvgIpc) is 2.89. The topological polar surface area (TPSA) is 51.0 Å². The molecule has 1 aromatic carbocycles. The highest BCUT2D eigenvalue weighted by Gasteiger charge is 2.35. The lowest BCUT2D eigenvalue weighted by atomic mass is 9.98. The molecule has 1 atom stereocenters. The molecule has 1 N–H and O–H groups in total. The van der Waals surface area contributed by atoms with Gasteiger partial charge in [0.05, 0.1) is 37.0 Å². The molecule has 0 amide bonds. The van der Waals surface area contributed by atoms with Gasteiger partial charge < -0.3 is 22.0 Å². The van der Waals surface area contributed by atoms with E-state index in [0.29, 0.717) is 17.1 Å². The fourth-order valence-electron chi connectivity index (χ4n) is 4.18. The lowest BCUT2D eigenvalue weighted by Crippen LogP contribution is -3.09. The van der Waals surface area contributed by atoms with Gasteiger partial charge in [0, 0.05) is 31.6 Å². The van der Waals surface area contributed by atoms with Crippen LogP contribution in [0.4, 0.5) is 5.69 Å². The zero-order valence-corrected chi connectivity index (χ0v) is 15.5. The van der Waals surface area contributed by atoms with E-state index in [-0.39, 0.29) is 12.4 Å². The lowest BCUT2D eigenvalue weighted by molar-refractivity contribution is -0.835. The van der Waals surface area contributed by atoms with Crippen molar-refractivity contribution in [1.29, 1.82) is 0 Å². The number of halogens is 1. The highest BCUT2D eigenvalue weighted by Crippen LogP contribution is 2.34. The van der Waals surface area contributed by atoms with Gasteiger partial charge in [-0.2, -0.15) is 0 Å². The number of morpholine rings is 1. The van der Waals surface area contributed by atoms with Crippen LogP contribution in [0.15, 0.2) is 17.0 Å². The van der Waals surface area contributed by atoms with E-state index >= 15 is 0 Å². The Morgan fingerprint density at radius 2 is 1.96 bits per heavy atom. The highest BCUT2D eigenvalue weighted by atomic mass is 35.5. The number of hydrogen-bond donors (Lipinski definition) is 1. The molecule has 0 saturated carbocycles. The van der Waals surface area contributed by atoms with Crippen molar-refractivity contribution in [1.82, 2.24) is 4.90 Å². The molecule has 1 unspecified atom stereocenters. The summed E-state index contributed by atoms with van der Waals surface area (Å²) < 4.78 is 30.2. The van der Waals surface area contributed by atoms with E-state index in [9.17, 15) is 8.42 Å². The van der Waals surface area contributed by atoms with E-state index in [1.807, 2.05) is 0 Å². The second-order valence-corrected chi connectivity index (χ2v) is 8.86. The Hall–Kier alpha value is -0.660. The zero-order chi connectivity index (χ0) is 15.9. The first kappa shape index (κ1) is 18.1. The Balaban J connectivity index is 0.00000169. The van der Waals surface area contributed by atoms with E-state index < -0.39 is 9.84 Å². The summed E-state index contributed by atoms with van der Waals surface area (Å²) in [6, 6.07) is 4.24. The third-order valence-corrected chi connectivity index (χ3v) is 7.29. The van der Waals surface area contributed by atoms with Gasteiger partial charge in [0.25, 0.3) is 0 Å². The Morgan fingerprint density at radius 1 is 1.17 bits per heavy atom. The third kappa shape index (κ3) is 3.35. The second kappa shape index (κ2) is 7.30. The lowest BCUT2D eigenvalue weighted by Gasteiger charge is -2.31. The predicted molar refractivity (Wildman–Crippen MR) is 88.1 cm³/mol. The Labute approximate surface area is 150 Å². The summed E-state index contributed by atoms with van der Waals surface area (Å²) in [4.78, 5) is 4.58. The van der Waals surface area contributed by atoms with Crippen LogP contribution in [-0.2, 0) is 27.4 Å². The zero-order valence-electron chi connectivity index (χ0n) is 13.9. The van der Waals surface area contributed by atoms with Gasteiger partial charge in [0.2, 0.25) is 0 Å². The smallest absolute Gasteiger partial charge is 0.179 e. The SMILES string of the molecule is O=S1(=O)CCc2ccc3c(c21)CCC[NH+]3CCN1CCOCC1.[Cl-]. The fraction of sp³-hybridized carbons (Fsp3) is 0.647. The van der Waals surface area contributed by atoms with Crippen LogP contribution in [-0.4, -0.2) is 65.0 Å². The molecule has 1 saturated heterocycles. The minimum absolute atomic E-state index is 0. The first-order valence-corrected chi connectivity index (χ1v) is 10.3. The number of quaternary nitrogens is 1. The van der Waals surface area contributed by atoms with Crippen LogP contribution in [0.2, 0.25) is 0 Å². The summed E-state index contributed by atoms with van der Waals surface area (Å²) in [5.41, 5.74) is 3.38. The number of sulfone groups is 1. The first-order valence-electron chi connectivity index (χ1n) is 8.68. The number of fused-ring (bicyclic) bond motifs is 3. The molecule has 3 heterocycles. The van der Waals surface area contributed by atoms with Crippen molar-refractivity contribution in [2.24, 2.45) is 0 Å². The molecule has 0 aromatic heterocycles. The third-order valence-electron chi connectivity index (χ3n) is 5.41. The minimum Gasteiger partial charge on any atom is -1.00 e. The molecule has 3 aliphatic rings. The fourth-order valence-corrected chi connectivity index (χ4v) is 6.03. The summed E-state index contributed by atoms with van der Waals surface area (Å²) >= 11 is 0. The van der Waals surface area contributed by atoms with Crippen LogP contribution in [0.3, 0.4) is 0 Å². The number of aryl methyl sites for hydroxylation is 1. The van der Waals surface area contributed by atoms with Crippen molar-refractivity contribution in [3.63, 3.8) is 0 Å². The van der Waals surface area contributed by atoms with Crippen LogP contribution >= 0.6 is 0 Å². The molecule has 134 valence electrons. The van der Waals surface area contributed by atoms with Gasteiger partial charge in [-0.15, -0.1) is 0 Å². The predicted octanol–water partition coefficient (Wildman–Crippen LogP) is -3.18. The number of benzene rings is 1. The van der Waals surface area contributed by atoms with E-state index in [4.69, 9.17) is 4.74 Å². The number of hydrogen-bond acceptors (Lipinski definition) is 4. The number of rotatable bonds is 3. The Kier molecular flexibility index (Phi) is 5.52. The Morgan fingerprint density at radius 3 is 2.75 bits per heavy atom. The summed E-state index contributed by atoms with van der Waals surface area (Å²) in [6.07, 6.45) is 2.68. The molecule has 1 aromatic rings.